The fourth-order valence-electron chi connectivity index (χ4n) is 1.12. The first-order valence-corrected chi connectivity index (χ1v) is 4.45. The van der Waals surface area contributed by atoms with Gasteiger partial charge in [0, 0.05) is 0 Å². The van der Waals surface area contributed by atoms with Gasteiger partial charge in [-0.1, -0.05) is 13.3 Å². The number of unbranched alkanes of at least 4 members (excludes halogenated alkanes) is 1. The molecule has 1 rings (SSSR count). The number of hydrogen-bond acceptors (Lipinski definition) is 3. The number of hydroxylamine groups is 2. The topological polar surface area (TPSA) is 55.6 Å². The quantitative estimate of drug-likeness (QED) is 0.619. The molecule has 0 aromatic carbocycles. The molecule has 0 aromatic heterocycles. The molecular formula is C8H16N2O2. The van der Waals surface area contributed by atoms with Gasteiger partial charge >= 0.3 is 0 Å². The maximum atomic E-state index is 11.2. The minimum atomic E-state index is -0.341. The van der Waals surface area contributed by atoms with Crippen LogP contribution in [0.3, 0.4) is 0 Å². The van der Waals surface area contributed by atoms with E-state index in [1.54, 1.807) is 0 Å². The lowest BCUT2D eigenvalue weighted by atomic mass is 10.3. The van der Waals surface area contributed by atoms with Crippen molar-refractivity contribution in [2.75, 3.05) is 13.2 Å². The SMILES string of the molecule is CCCCON1CC[C@H](N)C1=O. The van der Waals surface area contributed by atoms with Crippen LogP contribution in [-0.2, 0) is 9.63 Å². The summed E-state index contributed by atoms with van der Waals surface area (Å²) in [6, 6.07) is -0.341. The molecule has 1 atom stereocenters. The summed E-state index contributed by atoms with van der Waals surface area (Å²) in [6.45, 7) is 3.35. The van der Waals surface area contributed by atoms with Crippen LogP contribution in [0.1, 0.15) is 26.2 Å². The smallest absolute Gasteiger partial charge is 0.263 e. The van der Waals surface area contributed by atoms with E-state index in [9.17, 15) is 4.79 Å². The summed E-state index contributed by atoms with van der Waals surface area (Å²) < 4.78 is 0. The standard InChI is InChI=1S/C8H16N2O2/c1-2-3-6-12-10-5-4-7(9)8(10)11/h7H,2-6,9H2,1H3/t7-/m0/s1. The molecule has 0 saturated carbocycles. The van der Waals surface area contributed by atoms with Gasteiger partial charge in [0.05, 0.1) is 19.2 Å². The highest BCUT2D eigenvalue weighted by atomic mass is 16.7. The van der Waals surface area contributed by atoms with Crippen molar-refractivity contribution in [2.45, 2.75) is 32.2 Å². The van der Waals surface area contributed by atoms with Gasteiger partial charge in [-0.15, -0.1) is 0 Å². The predicted octanol–water partition coefficient (Wildman–Crippen LogP) is 0.278. The molecule has 0 aromatic rings. The third-order valence-corrected chi connectivity index (χ3v) is 1.95. The first-order valence-electron chi connectivity index (χ1n) is 4.45. The van der Waals surface area contributed by atoms with Crippen LogP contribution >= 0.6 is 0 Å². The number of carbonyl (C=O) groups is 1. The molecule has 4 heteroatoms. The van der Waals surface area contributed by atoms with E-state index >= 15 is 0 Å². The van der Waals surface area contributed by atoms with Gasteiger partial charge in [-0.2, -0.15) is 0 Å². The number of amides is 1. The van der Waals surface area contributed by atoms with Crippen LogP contribution < -0.4 is 5.73 Å². The van der Waals surface area contributed by atoms with Crippen molar-refractivity contribution in [3.8, 4) is 0 Å². The Morgan fingerprint density at radius 2 is 2.50 bits per heavy atom. The second kappa shape index (κ2) is 4.42. The fraction of sp³-hybridized carbons (Fsp3) is 0.875. The fourth-order valence-corrected chi connectivity index (χ4v) is 1.12. The first kappa shape index (κ1) is 9.48. The molecule has 0 radical (unpaired) electrons. The van der Waals surface area contributed by atoms with Crippen LogP contribution in [0, 0.1) is 0 Å². The van der Waals surface area contributed by atoms with E-state index in [0.29, 0.717) is 19.6 Å². The van der Waals surface area contributed by atoms with E-state index in [4.69, 9.17) is 10.6 Å². The van der Waals surface area contributed by atoms with Crippen molar-refractivity contribution in [3.05, 3.63) is 0 Å². The van der Waals surface area contributed by atoms with Crippen molar-refractivity contribution in [2.24, 2.45) is 5.73 Å². The number of carbonyl (C=O) groups excluding carboxylic acids is 1. The zero-order valence-corrected chi connectivity index (χ0v) is 7.45. The summed E-state index contributed by atoms with van der Waals surface area (Å²) >= 11 is 0. The molecule has 1 aliphatic rings. The highest BCUT2D eigenvalue weighted by molar-refractivity contribution is 5.82. The van der Waals surface area contributed by atoms with Crippen molar-refractivity contribution >= 4 is 5.91 Å². The van der Waals surface area contributed by atoms with Gasteiger partial charge in [0.1, 0.15) is 0 Å². The van der Waals surface area contributed by atoms with E-state index < -0.39 is 0 Å². The van der Waals surface area contributed by atoms with Crippen molar-refractivity contribution in [1.29, 1.82) is 0 Å². The third kappa shape index (κ3) is 2.19. The van der Waals surface area contributed by atoms with Gasteiger partial charge in [0.15, 0.2) is 0 Å². The maximum Gasteiger partial charge on any atom is 0.263 e. The summed E-state index contributed by atoms with van der Waals surface area (Å²) in [5, 5.41) is 1.39. The molecule has 1 saturated heterocycles. The van der Waals surface area contributed by atoms with E-state index in [-0.39, 0.29) is 11.9 Å². The molecular weight excluding hydrogens is 156 g/mol. The Morgan fingerprint density at radius 1 is 1.75 bits per heavy atom. The average Bonchev–Trinajstić information content (AvgIpc) is 2.36. The van der Waals surface area contributed by atoms with Crippen LogP contribution in [0.25, 0.3) is 0 Å². The normalized spacial score (nSPS) is 23.7. The second-order valence-corrected chi connectivity index (χ2v) is 3.02. The lowest BCUT2D eigenvalue weighted by Crippen LogP contribution is -2.34. The molecule has 2 N–H and O–H groups in total. The van der Waals surface area contributed by atoms with Crippen LogP contribution in [0.5, 0.6) is 0 Å². The highest BCUT2D eigenvalue weighted by Crippen LogP contribution is 2.09. The second-order valence-electron chi connectivity index (χ2n) is 3.02. The Labute approximate surface area is 72.6 Å². The molecule has 70 valence electrons. The summed E-state index contributed by atoms with van der Waals surface area (Å²) in [4.78, 5) is 16.4. The number of rotatable bonds is 4. The summed E-state index contributed by atoms with van der Waals surface area (Å²) in [6.07, 6.45) is 2.78. The van der Waals surface area contributed by atoms with E-state index in [1.165, 1.54) is 5.06 Å². The largest absolute Gasteiger partial charge is 0.320 e. The maximum absolute atomic E-state index is 11.2. The van der Waals surface area contributed by atoms with Crippen molar-refractivity contribution < 1.29 is 9.63 Å². The van der Waals surface area contributed by atoms with E-state index in [2.05, 4.69) is 6.92 Å². The lowest BCUT2D eigenvalue weighted by molar-refractivity contribution is -0.178. The Hall–Kier alpha value is -0.610. The lowest BCUT2D eigenvalue weighted by Gasteiger charge is -2.14. The molecule has 1 fully saturated rings. The minimum Gasteiger partial charge on any atom is -0.320 e. The summed E-state index contributed by atoms with van der Waals surface area (Å²) in [5.74, 6) is -0.0777. The highest BCUT2D eigenvalue weighted by Gasteiger charge is 2.29. The van der Waals surface area contributed by atoms with Gasteiger partial charge < -0.3 is 5.73 Å². The molecule has 0 spiro atoms. The Morgan fingerprint density at radius 3 is 3.00 bits per heavy atom. The van der Waals surface area contributed by atoms with Crippen LogP contribution in [0.2, 0.25) is 0 Å². The molecule has 12 heavy (non-hydrogen) atoms. The molecule has 0 aliphatic carbocycles. The van der Waals surface area contributed by atoms with Gasteiger partial charge in [-0.25, -0.2) is 5.06 Å². The molecule has 4 nitrogen and oxygen atoms in total. The summed E-state index contributed by atoms with van der Waals surface area (Å²) in [7, 11) is 0. The van der Waals surface area contributed by atoms with Crippen LogP contribution in [0.15, 0.2) is 0 Å². The Kier molecular flexibility index (Phi) is 3.49. The minimum absolute atomic E-state index is 0.0777. The zero-order valence-electron chi connectivity index (χ0n) is 7.45. The third-order valence-electron chi connectivity index (χ3n) is 1.95. The molecule has 1 heterocycles. The van der Waals surface area contributed by atoms with Crippen molar-refractivity contribution in [3.63, 3.8) is 0 Å². The molecule has 0 unspecified atom stereocenters. The van der Waals surface area contributed by atoms with Gasteiger partial charge in [0.2, 0.25) is 0 Å². The van der Waals surface area contributed by atoms with Gasteiger partial charge in [-0.3, -0.25) is 9.63 Å². The van der Waals surface area contributed by atoms with Crippen LogP contribution in [-0.4, -0.2) is 30.2 Å². The average molecular weight is 172 g/mol. The van der Waals surface area contributed by atoms with E-state index in [1.807, 2.05) is 0 Å². The number of nitrogens with two attached hydrogens (primary N) is 1. The monoisotopic (exact) mass is 172 g/mol. The number of nitrogens with zero attached hydrogens (tertiary/aromatic N) is 1. The predicted molar refractivity (Wildman–Crippen MR) is 45.2 cm³/mol. The number of hydrogen-bond donors (Lipinski definition) is 1. The van der Waals surface area contributed by atoms with Crippen LogP contribution in [0.4, 0.5) is 0 Å². The van der Waals surface area contributed by atoms with Crippen molar-refractivity contribution in [1.82, 2.24) is 5.06 Å². The van der Waals surface area contributed by atoms with Gasteiger partial charge in [-0.05, 0) is 12.8 Å². The molecule has 1 aliphatic heterocycles. The summed E-state index contributed by atoms with van der Waals surface area (Å²) in [5.41, 5.74) is 5.50. The Bertz CT molecular complexity index is 161. The Balaban J connectivity index is 2.20. The molecule has 0 bridgehead atoms. The molecule has 1 amide bonds. The van der Waals surface area contributed by atoms with E-state index in [0.717, 1.165) is 12.8 Å². The zero-order chi connectivity index (χ0) is 8.97. The van der Waals surface area contributed by atoms with Gasteiger partial charge in [0.25, 0.3) is 5.91 Å². The first-order chi connectivity index (χ1) is 5.75.